The maximum atomic E-state index is 4.78. The third kappa shape index (κ3) is 2.61. The molecule has 1 unspecified atom stereocenters. The molecule has 3 rings (SSSR count). The largest absolute Gasteiger partial charge is 0.337 e. The SMILES string of the molecule is CC1(C)CCCCC1c1nc(N2CCNCC2)n[nH]1. The fraction of sp³-hybridized carbons (Fsp3) is 0.857. The van der Waals surface area contributed by atoms with Crippen molar-refractivity contribution >= 4 is 5.95 Å². The van der Waals surface area contributed by atoms with Gasteiger partial charge in [-0.2, -0.15) is 4.98 Å². The van der Waals surface area contributed by atoms with Gasteiger partial charge in [-0.15, -0.1) is 5.10 Å². The van der Waals surface area contributed by atoms with Gasteiger partial charge in [0.25, 0.3) is 0 Å². The van der Waals surface area contributed by atoms with E-state index in [1.54, 1.807) is 0 Å². The third-order valence-corrected chi connectivity index (χ3v) is 4.73. The second-order valence-electron chi connectivity index (χ2n) is 6.54. The van der Waals surface area contributed by atoms with Crippen LogP contribution in [0.25, 0.3) is 0 Å². The molecule has 19 heavy (non-hydrogen) atoms. The Labute approximate surface area is 115 Å². The molecule has 2 N–H and O–H groups in total. The Bertz CT molecular complexity index is 419. The molecule has 0 bridgehead atoms. The molecule has 1 atom stereocenters. The number of aromatic amines is 1. The monoisotopic (exact) mass is 263 g/mol. The average molecular weight is 263 g/mol. The van der Waals surface area contributed by atoms with Crippen molar-refractivity contribution in [2.45, 2.75) is 45.4 Å². The first-order valence-corrected chi connectivity index (χ1v) is 7.55. The van der Waals surface area contributed by atoms with Gasteiger partial charge in [-0.1, -0.05) is 26.7 Å². The summed E-state index contributed by atoms with van der Waals surface area (Å²) in [5.74, 6) is 2.52. The lowest BCUT2D eigenvalue weighted by Gasteiger charge is -2.37. The van der Waals surface area contributed by atoms with Crippen LogP contribution in [0.3, 0.4) is 0 Å². The predicted molar refractivity (Wildman–Crippen MR) is 76.5 cm³/mol. The molecule has 2 aliphatic rings. The predicted octanol–water partition coefficient (Wildman–Crippen LogP) is 1.90. The summed E-state index contributed by atoms with van der Waals surface area (Å²) in [5, 5.41) is 11.0. The van der Waals surface area contributed by atoms with Crippen molar-refractivity contribution in [3.8, 4) is 0 Å². The molecule has 1 aliphatic carbocycles. The Morgan fingerprint density at radius 1 is 1.21 bits per heavy atom. The fourth-order valence-corrected chi connectivity index (χ4v) is 3.43. The molecular weight excluding hydrogens is 238 g/mol. The summed E-state index contributed by atoms with van der Waals surface area (Å²) in [7, 11) is 0. The van der Waals surface area contributed by atoms with Crippen LogP contribution in [0.4, 0.5) is 5.95 Å². The molecule has 1 aromatic heterocycles. The standard InChI is InChI=1S/C14H25N5/c1-14(2)6-4-3-5-11(14)12-16-13(18-17-12)19-9-7-15-8-10-19/h11,15H,3-10H2,1-2H3,(H,16,17,18). The smallest absolute Gasteiger partial charge is 0.244 e. The van der Waals surface area contributed by atoms with Crippen molar-refractivity contribution in [3.63, 3.8) is 0 Å². The van der Waals surface area contributed by atoms with E-state index < -0.39 is 0 Å². The van der Waals surface area contributed by atoms with Gasteiger partial charge in [-0.25, -0.2) is 0 Å². The van der Waals surface area contributed by atoms with E-state index in [-0.39, 0.29) is 0 Å². The quantitative estimate of drug-likeness (QED) is 0.855. The van der Waals surface area contributed by atoms with Gasteiger partial charge in [0.2, 0.25) is 5.95 Å². The number of rotatable bonds is 2. The number of hydrogen-bond donors (Lipinski definition) is 2. The van der Waals surface area contributed by atoms with Crippen LogP contribution >= 0.6 is 0 Å². The molecule has 5 nitrogen and oxygen atoms in total. The topological polar surface area (TPSA) is 56.8 Å². The Kier molecular flexibility index (Phi) is 3.48. The second kappa shape index (κ2) is 5.12. The molecule has 0 aromatic carbocycles. The number of hydrogen-bond acceptors (Lipinski definition) is 4. The van der Waals surface area contributed by atoms with Crippen molar-refractivity contribution in [1.29, 1.82) is 0 Å². The normalized spacial score (nSPS) is 27.5. The van der Waals surface area contributed by atoms with Gasteiger partial charge in [0.05, 0.1) is 0 Å². The average Bonchev–Trinajstić information content (AvgIpc) is 2.88. The van der Waals surface area contributed by atoms with Gasteiger partial charge >= 0.3 is 0 Å². The number of nitrogens with one attached hydrogen (secondary N) is 2. The molecule has 1 aromatic rings. The van der Waals surface area contributed by atoms with Crippen molar-refractivity contribution in [3.05, 3.63) is 5.82 Å². The highest BCUT2D eigenvalue weighted by Gasteiger charge is 2.35. The summed E-state index contributed by atoms with van der Waals surface area (Å²) < 4.78 is 0. The lowest BCUT2D eigenvalue weighted by molar-refractivity contribution is 0.192. The molecule has 5 heteroatoms. The molecule has 1 saturated heterocycles. The van der Waals surface area contributed by atoms with Crippen molar-refractivity contribution in [1.82, 2.24) is 20.5 Å². The zero-order valence-corrected chi connectivity index (χ0v) is 12.1. The first-order valence-electron chi connectivity index (χ1n) is 7.55. The summed E-state index contributed by atoms with van der Waals surface area (Å²) in [4.78, 5) is 7.05. The minimum atomic E-state index is 0.346. The van der Waals surface area contributed by atoms with Crippen molar-refractivity contribution < 1.29 is 0 Å². The molecule has 1 saturated carbocycles. The van der Waals surface area contributed by atoms with Crippen LogP contribution in [0.2, 0.25) is 0 Å². The second-order valence-corrected chi connectivity index (χ2v) is 6.54. The van der Waals surface area contributed by atoms with Crippen LogP contribution in [0, 0.1) is 5.41 Å². The maximum absolute atomic E-state index is 4.78. The molecule has 2 heterocycles. The third-order valence-electron chi connectivity index (χ3n) is 4.73. The number of aromatic nitrogens is 3. The highest BCUT2D eigenvalue weighted by atomic mass is 15.4. The molecule has 0 amide bonds. The Balaban J connectivity index is 1.76. The summed E-state index contributed by atoms with van der Waals surface area (Å²) >= 11 is 0. The molecule has 106 valence electrons. The lowest BCUT2D eigenvalue weighted by atomic mass is 9.68. The van der Waals surface area contributed by atoms with E-state index in [0.29, 0.717) is 11.3 Å². The van der Waals surface area contributed by atoms with Crippen LogP contribution in [-0.4, -0.2) is 41.4 Å². The van der Waals surface area contributed by atoms with Crippen LogP contribution in [0.15, 0.2) is 0 Å². The minimum absolute atomic E-state index is 0.346. The Morgan fingerprint density at radius 2 is 2.00 bits per heavy atom. The number of piperazine rings is 1. The van der Waals surface area contributed by atoms with Crippen LogP contribution in [0.5, 0.6) is 0 Å². The molecule has 0 spiro atoms. The highest BCUT2D eigenvalue weighted by molar-refractivity contribution is 5.30. The first-order chi connectivity index (χ1) is 9.17. The maximum Gasteiger partial charge on any atom is 0.244 e. The molecular formula is C14H25N5. The van der Waals surface area contributed by atoms with Gasteiger partial charge in [-0.05, 0) is 18.3 Å². The Hall–Kier alpha value is -1.10. The Morgan fingerprint density at radius 3 is 2.74 bits per heavy atom. The summed E-state index contributed by atoms with van der Waals surface area (Å²) in [5.41, 5.74) is 0.346. The highest BCUT2D eigenvalue weighted by Crippen LogP contribution is 2.45. The fourth-order valence-electron chi connectivity index (χ4n) is 3.43. The molecule has 2 fully saturated rings. The van der Waals surface area contributed by atoms with Gasteiger partial charge in [0.15, 0.2) is 0 Å². The molecule has 1 aliphatic heterocycles. The minimum Gasteiger partial charge on any atom is -0.337 e. The molecule has 0 radical (unpaired) electrons. The number of nitrogens with zero attached hydrogens (tertiary/aromatic N) is 3. The lowest BCUT2D eigenvalue weighted by Crippen LogP contribution is -2.44. The van der Waals surface area contributed by atoms with E-state index in [2.05, 4.69) is 34.3 Å². The van der Waals surface area contributed by atoms with Crippen LogP contribution in [-0.2, 0) is 0 Å². The van der Waals surface area contributed by atoms with Gasteiger partial charge in [0, 0.05) is 32.1 Å². The summed E-state index contributed by atoms with van der Waals surface area (Å²) in [6.45, 7) is 8.79. The van der Waals surface area contributed by atoms with Gasteiger partial charge in [0.1, 0.15) is 5.82 Å². The van der Waals surface area contributed by atoms with E-state index in [1.165, 1.54) is 25.7 Å². The first kappa shape index (κ1) is 12.9. The van der Waals surface area contributed by atoms with Crippen LogP contribution in [0.1, 0.15) is 51.3 Å². The van der Waals surface area contributed by atoms with Crippen molar-refractivity contribution in [2.24, 2.45) is 5.41 Å². The zero-order chi connectivity index (χ0) is 13.3. The zero-order valence-electron chi connectivity index (χ0n) is 12.1. The van der Waals surface area contributed by atoms with Gasteiger partial charge in [-0.3, -0.25) is 5.10 Å². The number of H-pyrrole nitrogens is 1. The number of anilines is 1. The van der Waals surface area contributed by atoms with E-state index in [0.717, 1.165) is 38.0 Å². The van der Waals surface area contributed by atoms with Crippen molar-refractivity contribution in [2.75, 3.05) is 31.1 Å². The van der Waals surface area contributed by atoms with E-state index >= 15 is 0 Å². The van der Waals surface area contributed by atoms with E-state index in [1.807, 2.05) is 0 Å². The van der Waals surface area contributed by atoms with E-state index in [9.17, 15) is 0 Å². The summed E-state index contributed by atoms with van der Waals surface area (Å²) in [6, 6.07) is 0. The summed E-state index contributed by atoms with van der Waals surface area (Å²) in [6.07, 6.45) is 5.20. The van der Waals surface area contributed by atoms with E-state index in [4.69, 9.17) is 4.98 Å². The van der Waals surface area contributed by atoms with Crippen LogP contribution < -0.4 is 10.2 Å². The van der Waals surface area contributed by atoms with Gasteiger partial charge < -0.3 is 10.2 Å².